The summed E-state index contributed by atoms with van der Waals surface area (Å²) >= 11 is 11.9. The van der Waals surface area contributed by atoms with E-state index in [0.717, 1.165) is 6.07 Å². The van der Waals surface area contributed by atoms with Crippen LogP contribution in [0.2, 0.25) is 10.0 Å². The number of urea groups is 1. The number of amides is 2. The minimum Gasteiger partial charge on any atom is -0.319 e. The third kappa shape index (κ3) is 4.55. The van der Waals surface area contributed by atoms with Crippen LogP contribution >= 0.6 is 23.2 Å². The van der Waals surface area contributed by atoms with Crippen molar-refractivity contribution in [2.24, 2.45) is 0 Å². The van der Waals surface area contributed by atoms with E-state index in [1.165, 1.54) is 12.1 Å². The van der Waals surface area contributed by atoms with Crippen LogP contribution < -0.4 is 5.32 Å². The Morgan fingerprint density at radius 1 is 1.18 bits per heavy atom. The Labute approximate surface area is 171 Å². The maximum atomic E-state index is 13.3. The van der Waals surface area contributed by atoms with Crippen LogP contribution in [0.25, 0.3) is 0 Å². The van der Waals surface area contributed by atoms with Crippen molar-refractivity contribution in [2.75, 3.05) is 11.9 Å². The van der Waals surface area contributed by atoms with Crippen LogP contribution in [0.3, 0.4) is 0 Å². The van der Waals surface area contributed by atoms with Gasteiger partial charge in [-0.25, -0.2) is 4.79 Å². The number of carbonyl (C=O) groups excluding carboxylic acids is 1. The van der Waals surface area contributed by atoms with Gasteiger partial charge in [-0.2, -0.15) is 13.2 Å². The van der Waals surface area contributed by atoms with Gasteiger partial charge in [0.15, 0.2) is 0 Å². The van der Waals surface area contributed by atoms with Crippen molar-refractivity contribution >= 4 is 34.9 Å². The Morgan fingerprint density at radius 2 is 1.82 bits per heavy atom. The summed E-state index contributed by atoms with van der Waals surface area (Å²) in [6.45, 7) is 2.28. The molecule has 3 rings (SSSR count). The Balaban J connectivity index is 1.83. The van der Waals surface area contributed by atoms with Gasteiger partial charge in [-0.15, -0.1) is 0 Å². The zero-order chi connectivity index (χ0) is 20.5. The van der Waals surface area contributed by atoms with Crippen LogP contribution in [-0.2, 0) is 12.6 Å². The maximum Gasteiger partial charge on any atom is 0.416 e. The number of hydrogen-bond donors (Lipinski definition) is 1. The first-order valence-corrected chi connectivity index (χ1v) is 9.54. The van der Waals surface area contributed by atoms with E-state index >= 15 is 0 Å². The van der Waals surface area contributed by atoms with Crippen molar-refractivity contribution in [1.82, 2.24) is 4.90 Å². The summed E-state index contributed by atoms with van der Waals surface area (Å²) < 4.78 is 40.0. The first-order chi connectivity index (χ1) is 13.1. The second-order valence-corrected chi connectivity index (χ2v) is 8.04. The lowest BCUT2D eigenvalue weighted by atomic mass is 9.88. The fourth-order valence-corrected chi connectivity index (χ4v) is 4.26. The summed E-state index contributed by atoms with van der Waals surface area (Å²) in [5.41, 5.74) is -0.770. The van der Waals surface area contributed by atoms with E-state index < -0.39 is 17.3 Å². The lowest BCUT2D eigenvalue weighted by molar-refractivity contribution is -0.138. The lowest BCUT2D eigenvalue weighted by Gasteiger charge is -2.36. The first-order valence-electron chi connectivity index (χ1n) is 8.78. The number of hydrogen-bond acceptors (Lipinski definition) is 1. The molecule has 0 saturated carbocycles. The molecule has 1 aliphatic heterocycles. The van der Waals surface area contributed by atoms with Crippen LogP contribution in [0.5, 0.6) is 0 Å². The SMILES string of the molecule is CC1(Cc2ccccc2C(F)(F)F)CCCN1C(=O)Nc1cc(Cl)cc(Cl)c1. The molecule has 0 spiro atoms. The number of benzene rings is 2. The zero-order valence-electron chi connectivity index (χ0n) is 15.1. The molecule has 0 aliphatic carbocycles. The second-order valence-electron chi connectivity index (χ2n) is 7.17. The highest BCUT2D eigenvalue weighted by Gasteiger charge is 2.42. The fraction of sp³-hybridized carbons (Fsp3) is 0.350. The number of likely N-dealkylation sites (tertiary alicyclic amines) is 1. The maximum absolute atomic E-state index is 13.3. The van der Waals surface area contributed by atoms with Gasteiger partial charge in [-0.3, -0.25) is 0 Å². The van der Waals surface area contributed by atoms with Crippen molar-refractivity contribution < 1.29 is 18.0 Å². The lowest BCUT2D eigenvalue weighted by Crippen LogP contribution is -2.48. The number of halogens is 5. The molecule has 1 unspecified atom stereocenters. The number of anilines is 1. The second kappa shape index (κ2) is 7.84. The standard InChI is InChI=1S/C20H19Cl2F3N2O/c1-19(12-13-5-2-3-6-17(13)20(23,24)25)7-4-8-27(19)18(28)26-16-10-14(21)9-15(22)11-16/h2-3,5-6,9-11H,4,7-8,12H2,1H3,(H,26,28). The van der Waals surface area contributed by atoms with Crippen molar-refractivity contribution in [3.8, 4) is 0 Å². The molecule has 1 saturated heterocycles. The molecule has 2 amide bonds. The number of carbonyl (C=O) groups is 1. The van der Waals surface area contributed by atoms with E-state index in [1.807, 2.05) is 6.92 Å². The molecule has 2 aromatic rings. The average Bonchev–Trinajstić information content (AvgIpc) is 2.94. The van der Waals surface area contributed by atoms with E-state index in [2.05, 4.69) is 5.32 Å². The average molecular weight is 431 g/mol. The molecule has 1 fully saturated rings. The van der Waals surface area contributed by atoms with Crippen molar-refractivity contribution in [3.05, 3.63) is 63.6 Å². The van der Waals surface area contributed by atoms with Crippen LogP contribution in [-0.4, -0.2) is 23.0 Å². The number of nitrogens with zero attached hydrogens (tertiary/aromatic N) is 1. The van der Waals surface area contributed by atoms with E-state index in [0.29, 0.717) is 35.1 Å². The molecule has 2 aromatic carbocycles. The number of rotatable bonds is 3. The Hall–Kier alpha value is -1.92. The molecule has 28 heavy (non-hydrogen) atoms. The molecule has 1 N–H and O–H groups in total. The quantitative estimate of drug-likeness (QED) is 0.581. The van der Waals surface area contributed by atoms with Gasteiger partial charge >= 0.3 is 12.2 Å². The monoisotopic (exact) mass is 430 g/mol. The molecular formula is C20H19Cl2F3N2O. The summed E-state index contributed by atoms with van der Waals surface area (Å²) in [6, 6.07) is 9.80. The smallest absolute Gasteiger partial charge is 0.319 e. The topological polar surface area (TPSA) is 32.3 Å². The van der Waals surface area contributed by atoms with Gasteiger partial charge < -0.3 is 10.2 Å². The summed E-state index contributed by atoms with van der Waals surface area (Å²) in [6.07, 6.45) is -2.99. The summed E-state index contributed by atoms with van der Waals surface area (Å²) in [5, 5.41) is 3.51. The molecule has 1 aliphatic rings. The van der Waals surface area contributed by atoms with Gasteiger partial charge in [-0.05, 0) is 56.0 Å². The third-order valence-corrected chi connectivity index (χ3v) is 5.44. The Kier molecular flexibility index (Phi) is 5.82. The van der Waals surface area contributed by atoms with Crippen LogP contribution in [0, 0.1) is 0 Å². The van der Waals surface area contributed by atoms with Gasteiger partial charge in [0.05, 0.1) is 5.56 Å². The largest absolute Gasteiger partial charge is 0.416 e. The molecule has 0 aromatic heterocycles. The Morgan fingerprint density at radius 3 is 2.46 bits per heavy atom. The van der Waals surface area contributed by atoms with E-state index in [9.17, 15) is 18.0 Å². The molecule has 3 nitrogen and oxygen atoms in total. The van der Waals surface area contributed by atoms with Crippen LogP contribution in [0.1, 0.15) is 30.9 Å². The highest BCUT2D eigenvalue weighted by molar-refractivity contribution is 6.35. The predicted molar refractivity (Wildman–Crippen MR) is 105 cm³/mol. The van der Waals surface area contributed by atoms with E-state index in [4.69, 9.17) is 23.2 Å². The van der Waals surface area contributed by atoms with Crippen LogP contribution in [0.15, 0.2) is 42.5 Å². The molecule has 150 valence electrons. The van der Waals surface area contributed by atoms with Gasteiger partial charge in [0.1, 0.15) is 0 Å². The highest BCUT2D eigenvalue weighted by atomic mass is 35.5. The molecule has 1 heterocycles. The fourth-order valence-electron chi connectivity index (χ4n) is 3.73. The summed E-state index contributed by atoms with van der Waals surface area (Å²) in [7, 11) is 0. The van der Waals surface area contributed by atoms with Gasteiger partial charge in [-0.1, -0.05) is 41.4 Å². The third-order valence-electron chi connectivity index (χ3n) is 5.00. The van der Waals surface area contributed by atoms with Gasteiger partial charge in [0.2, 0.25) is 0 Å². The Bertz CT molecular complexity index is 868. The normalized spacial score (nSPS) is 19.7. The number of alkyl halides is 3. The molecule has 0 radical (unpaired) electrons. The van der Waals surface area contributed by atoms with Crippen molar-refractivity contribution in [3.63, 3.8) is 0 Å². The molecule has 1 atom stereocenters. The minimum absolute atomic E-state index is 0.117. The van der Waals surface area contributed by atoms with Gasteiger partial charge in [0, 0.05) is 27.8 Å². The van der Waals surface area contributed by atoms with E-state index in [1.54, 1.807) is 29.2 Å². The highest BCUT2D eigenvalue weighted by Crippen LogP contribution is 2.38. The molecule has 0 bridgehead atoms. The van der Waals surface area contributed by atoms with Gasteiger partial charge in [0.25, 0.3) is 0 Å². The van der Waals surface area contributed by atoms with Crippen molar-refractivity contribution in [1.29, 1.82) is 0 Å². The molecule has 8 heteroatoms. The number of nitrogens with one attached hydrogen (secondary N) is 1. The minimum atomic E-state index is -4.43. The summed E-state index contributed by atoms with van der Waals surface area (Å²) in [5.74, 6) is 0. The predicted octanol–water partition coefficient (Wildman–Crippen LogP) is 6.64. The van der Waals surface area contributed by atoms with Crippen LogP contribution in [0.4, 0.5) is 23.7 Å². The zero-order valence-corrected chi connectivity index (χ0v) is 16.6. The first kappa shape index (κ1) is 20.8. The summed E-state index contributed by atoms with van der Waals surface area (Å²) in [4.78, 5) is 14.4. The molecular weight excluding hydrogens is 412 g/mol. The van der Waals surface area contributed by atoms with Crippen molar-refractivity contribution in [2.45, 2.75) is 37.9 Å². The van der Waals surface area contributed by atoms with E-state index in [-0.39, 0.29) is 18.0 Å².